The summed E-state index contributed by atoms with van der Waals surface area (Å²) in [6.45, 7) is 0. The third-order valence-corrected chi connectivity index (χ3v) is 5.50. The molecule has 0 aliphatic heterocycles. The lowest BCUT2D eigenvalue weighted by Gasteiger charge is -2.04. The zero-order valence-corrected chi connectivity index (χ0v) is 16.8. The Kier molecular flexibility index (Phi) is 5.88. The van der Waals surface area contributed by atoms with Crippen molar-refractivity contribution in [3.8, 4) is 17.8 Å². The second-order valence-electron chi connectivity index (χ2n) is 5.42. The quantitative estimate of drug-likeness (QED) is 0.592. The first kappa shape index (κ1) is 20.1. The van der Waals surface area contributed by atoms with Crippen LogP contribution in [0.25, 0.3) is 17.3 Å². The minimum atomic E-state index is -0.607. The highest BCUT2D eigenvalue weighted by molar-refractivity contribution is 7.07. The summed E-state index contributed by atoms with van der Waals surface area (Å²) in [6.07, 6.45) is 1.28. The lowest BCUT2D eigenvalue weighted by atomic mass is 10.2. The van der Waals surface area contributed by atoms with Crippen LogP contribution >= 0.6 is 46.1 Å². The molecule has 3 rings (SSSR count). The van der Waals surface area contributed by atoms with Gasteiger partial charge in [0.05, 0.1) is 15.2 Å². The van der Waals surface area contributed by atoms with E-state index in [9.17, 15) is 19.7 Å². The van der Waals surface area contributed by atoms with Gasteiger partial charge in [-0.05, 0) is 36.4 Å². The van der Waals surface area contributed by atoms with Crippen LogP contribution in [0, 0.1) is 28.5 Å². The van der Waals surface area contributed by atoms with Crippen molar-refractivity contribution in [3.05, 3.63) is 82.4 Å². The van der Waals surface area contributed by atoms with Gasteiger partial charge in [0, 0.05) is 15.6 Å². The van der Waals surface area contributed by atoms with Crippen LogP contribution in [0.4, 0.5) is 4.39 Å². The molecule has 0 spiro atoms. The van der Waals surface area contributed by atoms with Gasteiger partial charge in [-0.25, -0.2) is 4.39 Å². The molecule has 0 aliphatic carbocycles. The molecule has 0 atom stereocenters. The molecule has 0 saturated carbocycles. The van der Waals surface area contributed by atoms with Crippen molar-refractivity contribution in [1.29, 1.82) is 10.5 Å². The fraction of sp³-hybridized carbons (Fsp3) is 0. The topological polar surface area (TPSA) is 69.6 Å². The molecule has 0 N–H and O–H groups in total. The highest BCUT2D eigenvalue weighted by Crippen LogP contribution is 2.21. The highest BCUT2D eigenvalue weighted by atomic mass is 35.5. The van der Waals surface area contributed by atoms with Gasteiger partial charge in [0.25, 0.3) is 5.56 Å². The number of nitrogens with zero attached hydrogens (tertiary/aromatic N) is 3. The Morgan fingerprint density at radius 3 is 2.32 bits per heavy atom. The third-order valence-electron chi connectivity index (χ3n) is 3.64. The fourth-order valence-corrected chi connectivity index (χ4v) is 4.22. The van der Waals surface area contributed by atoms with E-state index < -0.39 is 11.4 Å². The van der Waals surface area contributed by atoms with Crippen LogP contribution in [0.15, 0.2) is 41.2 Å². The summed E-state index contributed by atoms with van der Waals surface area (Å²) in [5, 5.41) is 19.2. The molecule has 4 nitrogen and oxygen atoms in total. The van der Waals surface area contributed by atoms with E-state index in [1.807, 2.05) is 0 Å². The van der Waals surface area contributed by atoms with Gasteiger partial charge in [0.2, 0.25) is 0 Å². The lowest BCUT2D eigenvalue weighted by Crippen LogP contribution is -2.30. The van der Waals surface area contributed by atoms with Crippen LogP contribution in [0.3, 0.4) is 0 Å². The monoisotopic (exact) mass is 449 g/mol. The lowest BCUT2D eigenvalue weighted by molar-refractivity contribution is 0.625. The first-order chi connectivity index (χ1) is 13.3. The number of aromatic nitrogens is 1. The number of hydrogen-bond donors (Lipinski definition) is 0. The summed E-state index contributed by atoms with van der Waals surface area (Å²) < 4.78 is 15.4. The van der Waals surface area contributed by atoms with Crippen LogP contribution in [0.2, 0.25) is 15.1 Å². The first-order valence-electron chi connectivity index (χ1n) is 7.54. The maximum Gasteiger partial charge on any atom is 0.273 e. The van der Waals surface area contributed by atoms with Gasteiger partial charge in [-0.3, -0.25) is 9.36 Å². The van der Waals surface area contributed by atoms with Crippen LogP contribution < -0.4 is 14.8 Å². The Hall–Kier alpha value is -2.61. The van der Waals surface area contributed by atoms with Gasteiger partial charge >= 0.3 is 0 Å². The molecule has 3 aromatic rings. The Morgan fingerprint density at radius 2 is 1.75 bits per heavy atom. The molecule has 0 aliphatic rings. The normalized spacial score (nSPS) is 11.1. The molecule has 138 valence electrons. The molecule has 0 radical (unpaired) electrons. The zero-order valence-electron chi connectivity index (χ0n) is 13.7. The SMILES string of the molecule is N#CC(C#N)=c1sc(=Cc2c(F)cccc2Cl)c(=O)n1-c1cc(Cl)cc(Cl)c1. The van der Waals surface area contributed by atoms with E-state index in [-0.39, 0.29) is 41.1 Å². The molecule has 2 aromatic carbocycles. The van der Waals surface area contributed by atoms with E-state index in [1.165, 1.54) is 42.5 Å². The van der Waals surface area contributed by atoms with E-state index in [4.69, 9.17) is 34.8 Å². The Bertz CT molecular complexity index is 1310. The van der Waals surface area contributed by atoms with E-state index in [0.29, 0.717) is 0 Å². The summed E-state index contributed by atoms with van der Waals surface area (Å²) >= 11 is 18.9. The maximum absolute atomic E-state index is 14.1. The van der Waals surface area contributed by atoms with Gasteiger partial charge < -0.3 is 0 Å². The summed E-state index contributed by atoms with van der Waals surface area (Å²) in [7, 11) is 0. The van der Waals surface area contributed by atoms with Gasteiger partial charge in [-0.2, -0.15) is 10.5 Å². The van der Waals surface area contributed by atoms with Crippen molar-refractivity contribution in [2.24, 2.45) is 0 Å². The fourth-order valence-electron chi connectivity index (χ4n) is 2.45. The molecular weight excluding hydrogens is 444 g/mol. The second-order valence-corrected chi connectivity index (χ2v) is 7.73. The molecule has 0 fully saturated rings. The third kappa shape index (κ3) is 3.82. The number of rotatable bonds is 2. The molecule has 1 heterocycles. The van der Waals surface area contributed by atoms with Crippen LogP contribution in [-0.2, 0) is 0 Å². The molecule has 0 unspecified atom stereocenters. The van der Waals surface area contributed by atoms with Gasteiger partial charge in [0.15, 0.2) is 5.57 Å². The average molecular weight is 451 g/mol. The number of halogens is 4. The predicted octanol–water partition coefficient (Wildman–Crippen LogP) is 4.02. The van der Waals surface area contributed by atoms with Crippen molar-refractivity contribution < 1.29 is 4.39 Å². The zero-order chi connectivity index (χ0) is 20.4. The summed E-state index contributed by atoms with van der Waals surface area (Å²) in [5.41, 5.74) is -0.546. The smallest absolute Gasteiger partial charge is 0.267 e. The molecular formula is C19H7Cl3FN3OS. The van der Waals surface area contributed by atoms with E-state index in [1.54, 1.807) is 12.1 Å². The highest BCUT2D eigenvalue weighted by Gasteiger charge is 2.13. The minimum Gasteiger partial charge on any atom is -0.267 e. The van der Waals surface area contributed by atoms with Crippen LogP contribution in [-0.4, -0.2) is 4.57 Å². The van der Waals surface area contributed by atoms with Crippen molar-refractivity contribution in [2.75, 3.05) is 0 Å². The van der Waals surface area contributed by atoms with Gasteiger partial charge in [-0.1, -0.05) is 40.9 Å². The molecule has 0 amide bonds. The second kappa shape index (κ2) is 8.18. The largest absolute Gasteiger partial charge is 0.273 e. The average Bonchev–Trinajstić information content (AvgIpc) is 2.95. The van der Waals surface area contributed by atoms with Crippen LogP contribution in [0.1, 0.15) is 5.56 Å². The standard InChI is InChI=1S/C19H7Cl3FN3OS/c20-11-4-12(21)6-13(5-11)26-18(27)17(28-19(26)10(8-24)9-25)7-14-15(22)2-1-3-16(14)23/h1-7H. The Balaban J connectivity index is 2.47. The Labute approximate surface area is 177 Å². The minimum absolute atomic E-state index is 0.0285. The number of nitriles is 2. The van der Waals surface area contributed by atoms with Gasteiger partial charge in [0.1, 0.15) is 22.6 Å². The number of thiazole rings is 1. The van der Waals surface area contributed by atoms with Crippen molar-refractivity contribution in [3.63, 3.8) is 0 Å². The maximum atomic E-state index is 14.1. The molecule has 0 bridgehead atoms. The molecule has 1 aromatic heterocycles. The van der Waals surface area contributed by atoms with E-state index in [0.717, 1.165) is 15.9 Å². The summed E-state index contributed by atoms with van der Waals surface area (Å²) in [4.78, 5) is 13.0. The van der Waals surface area contributed by atoms with E-state index >= 15 is 0 Å². The summed E-state index contributed by atoms with van der Waals surface area (Å²) in [6, 6.07) is 12.1. The van der Waals surface area contributed by atoms with Crippen molar-refractivity contribution in [1.82, 2.24) is 4.57 Å². The van der Waals surface area contributed by atoms with Crippen molar-refractivity contribution in [2.45, 2.75) is 0 Å². The number of benzene rings is 2. The first-order valence-corrected chi connectivity index (χ1v) is 9.49. The molecule has 28 heavy (non-hydrogen) atoms. The number of hydrogen-bond acceptors (Lipinski definition) is 4. The predicted molar refractivity (Wildman–Crippen MR) is 109 cm³/mol. The molecule has 9 heteroatoms. The van der Waals surface area contributed by atoms with Crippen molar-refractivity contribution >= 4 is 57.8 Å². The van der Waals surface area contributed by atoms with Crippen LogP contribution in [0.5, 0.6) is 0 Å². The Morgan fingerprint density at radius 1 is 1.11 bits per heavy atom. The van der Waals surface area contributed by atoms with E-state index in [2.05, 4.69) is 0 Å². The van der Waals surface area contributed by atoms with Gasteiger partial charge in [-0.15, -0.1) is 11.3 Å². The molecule has 0 saturated heterocycles. The summed E-state index contributed by atoms with van der Waals surface area (Å²) in [5.74, 6) is -0.607.